The molecule has 160 valence electrons. The van der Waals surface area contributed by atoms with Gasteiger partial charge in [-0.05, 0) is 17.5 Å². The van der Waals surface area contributed by atoms with Crippen LogP contribution in [0.4, 0.5) is 0 Å². The summed E-state index contributed by atoms with van der Waals surface area (Å²) in [6, 6.07) is 18.2. The third-order valence-corrected chi connectivity index (χ3v) is 4.88. The van der Waals surface area contributed by atoms with Crippen molar-refractivity contribution in [3.05, 3.63) is 84.4 Å². The van der Waals surface area contributed by atoms with Crippen LogP contribution in [0, 0.1) is 5.92 Å². The molecule has 3 N–H and O–H groups in total. The highest BCUT2D eigenvalue weighted by Gasteiger charge is 2.26. The minimum atomic E-state index is -0.607. The Morgan fingerprint density at radius 1 is 1.03 bits per heavy atom. The van der Waals surface area contributed by atoms with Crippen LogP contribution in [0.5, 0.6) is 0 Å². The summed E-state index contributed by atoms with van der Waals surface area (Å²) >= 11 is 0. The molecule has 2 amide bonds. The Hall–Kier alpha value is -2.96. The van der Waals surface area contributed by atoms with Gasteiger partial charge in [-0.15, -0.1) is 6.58 Å². The first-order valence-electron chi connectivity index (χ1n) is 10.1. The van der Waals surface area contributed by atoms with Crippen molar-refractivity contribution in [1.29, 1.82) is 0 Å². The van der Waals surface area contributed by atoms with E-state index in [1.54, 1.807) is 11.0 Å². The number of rotatable bonds is 12. The summed E-state index contributed by atoms with van der Waals surface area (Å²) in [5.41, 5.74) is 1.75. The number of aliphatic hydroxyl groups is 2. The van der Waals surface area contributed by atoms with Gasteiger partial charge in [0.25, 0.3) is 0 Å². The van der Waals surface area contributed by atoms with Crippen molar-refractivity contribution in [2.24, 2.45) is 5.92 Å². The maximum atomic E-state index is 12.9. The number of hydrogen-bond acceptors (Lipinski definition) is 4. The number of allylic oxidation sites excluding steroid dienone is 1. The molecule has 2 aromatic carbocycles. The van der Waals surface area contributed by atoms with Crippen molar-refractivity contribution in [2.75, 3.05) is 19.8 Å². The maximum Gasteiger partial charge on any atom is 0.224 e. The van der Waals surface area contributed by atoms with E-state index in [-0.39, 0.29) is 38.0 Å². The molecule has 0 fully saturated rings. The van der Waals surface area contributed by atoms with E-state index in [4.69, 9.17) is 0 Å². The van der Waals surface area contributed by atoms with E-state index in [1.165, 1.54) is 0 Å². The summed E-state index contributed by atoms with van der Waals surface area (Å²) in [6.45, 7) is 3.87. The molecule has 0 heterocycles. The number of nitrogens with zero attached hydrogens (tertiary/aromatic N) is 1. The zero-order valence-corrected chi connectivity index (χ0v) is 17.1. The molecule has 2 atom stereocenters. The molecule has 0 aliphatic rings. The number of nitrogens with one attached hydrogen (secondary N) is 1. The SMILES string of the molecule is C=CC[C@H](CC(=O)N(CCO)Cc1ccccc1)C(=O)N[C@@H](CO)c1ccccc1. The van der Waals surface area contributed by atoms with Crippen molar-refractivity contribution in [3.63, 3.8) is 0 Å². The lowest BCUT2D eigenvalue weighted by Crippen LogP contribution is -2.39. The first-order valence-corrected chi connectivity index (χ1v) is 10.1. The number of carbonyl (C=O) groups excluding carboxylic acids is 2. The van der Waals surface area contributed by atoms with Gasteiger partial charge in [-0.1, -0.05) is 66.7 Å². The molecule has 6 nitrogen and oxygen atoms in total. The van der Waals surface area contributed by atoms with Gasteiger partial charge < -0.3 is 20.4 Å². The second kappa shape index (κ2) is 12.6. The average molecular weight is 411 g/mol. The summed E-state index contributed by atoms with van der Waals surface area (Å²) in [5, 5.41) is 21.9. The second-order valence-corrected chi connectivity index (χ2v) is 7.10. The van der Waals surface area contributed by atoms with Crippen LogP contribution in [0.15, 0.2) is 73.3 Å². The molecule has 0 bridgehead atoms. The molecule has 0 saturated carbocycles. The van der Waals surface area contributed by atoms with Crippen LogP contribution in [0.25, 0.3) is 0 Å². The molecule has 0 aliphatic heterocycles. The quantitative estimate of drug-likeness (QED) is 0.469. The van der Waals surface area contributed by atoms with E-state index in [1.807, 2.05) is 60.7 Å². The van der Waals surface area contributed by atoms with Gasteiger partial charge in [-0.3, -0.25) is 9.59 Å². The molecule has 0 spiro atoms. The molecule has 0 unspecified atom stereocenters. The van der Waals surface area contributed by atoms with Crippen molar-refractivity contribution < 1.29 is 19.8 Å². The van der Waals surface area contributed by atoms with E-state index in [2.05, 4.69) is 11.9 Å². The number of amides is 2. The summed E-state index contributed by atoms with van der Waals surface area (Å²) in [5.74, 6) is -1.13. The highest BCUT2D eigenvalue weighted by molar-refractivity contribution is 5.86. The molecule has 6 heteroatoms. The summed E-state index contributed by atoms with van der Waals surface area (Å²) in [7, 11) is 0. The Morgan fingerprint density at radius 3 is 2.23 bits per heavy atom. The van der Waals surface area contributed by atoms with Crippen molar-refractivity contribution in [2.45, 2.75) is 25.4 Å². The Bertz CT molecular complexity index is 795. The molecule has 2 aromatic rings. The van der Waals surface area contributed by atoms with E-state index in [0.717, 1.165) is 11.1 Å². The fraction of sp³-hybridized carbons (Fsp3) is 0.333. The van der Waals surface area contributed by atoms with Crippen LogP contribution >= 0.6 is 0 Å². The van der Waals surface area contributed by atoms with Crippen LogP contribution in [0.1, 0.15) is 30.0 Å². The minimum absolute atomic E-state index is 0.00236. The summed E-state index contributed by atoms with van der Waals surface area (Å²) < 4.78 is 0. The van der Waals surface area contributed by atoms with Crippen LogP contribution in [0.3, 0.4) is 0 Å². The normalized spacial score (nSPS) is 12.6. The molecule has 30 heavy (non-hydrogen) atoms. The topological polar surface area (TPSA) is 89.9 Å². The van der Waals surface area contributed by atoms with Gasteiger partial charge in [-0.2, -0.15) is 0 Å². The molecule has 0 aliphatic carbocycles. The van der Waals surface area contributed by atoms with Gasteiger partial charge in [0.1, 0.15) is 0 Å². The standard InChI is InChI=1S/C24H30N2O4/c1-2-9-21(24(30)25-22(18-28)20-12-7-4-8-13-20)16-23(29)26(14-15-27)17-19-10-5-3-6-11-19/h2-8,10-13,21-22,27-28H,1,9,14-18H2,(H,25,30)/t21-,22+/m1/s1. The first-order chi connectivity index (χ1) is 14.6. The third kappa shape index (κ3) is 7.13. The molecular formula is C24H30N2O4. The highest BCUT2D eigenvalue weighted by atomic mass is 16.3. The van der Waals surface area contributed by atoms with Gasteiger partial charge in [0.05, 0.1) is 25.2 Å². The van der Waals surface area contributed by atoms with E-state index >= 15 is 0 Å². The predicted molar refractivity (Wildman–Crippen MR) is 116 cm³/mol. The molecule has 0 saturated heterocycles. The number of hydrogen-bond donors (Lipinski definition) is 3. The first kappa shape index (κ1) is 23.3. The van der Waals surface area contributed by atoms with Crippen LogP contribution in [0.2, 0.25) is 0 Å². The highest BCUT2D eigenvalue weighted by Crippen LogP contribution is 2.18. The van der Waals surface area contributed by atoms with Crippen molar-refractivity contribution >= 4 is 11.8 Å². The number of carbonyl (C=O) groups is 2. The van der Waals surface area contributed by atoms with Gasteiger partial charge in [-0.25, -0.2) is 0 Å². The lowest BCUT2D eigenvalue weighted by Gasteiger charge is -2.25. The van der Waals surface area contributed by atoms with E-state index in [9.17, 15) is 19.8 Å². The smallest absolute Gasteiger partial charge is 0.224 e. The van der Waals surface area contributed by atoms with E-state index < -0.39 is 12.0 Å². The molecule has 0 aromatic heterocycles. The van der Waals surface area contributed by atoms with E-state index in [0.29, 0.717) is 13.0 Å². The second-order valence-electron chi connectivity index (χ2n) is 7.10. The van der Waals surface area contributed by atoms with Crippen molar-refractivity contribution in [1.82, 2.24) is 10.2 Å². The average Bonchev–Trinajstić information content (AvgIpc) is 2.78. The molecule has 0 radical (unpaired) electrons. The Morgan fingerprint density at radius 2 is 1.67 bits per heavy atom. The lowest BCUT2D eigenvalue weighted by molar-refractivity contribution is -0.137. The monoisotopic (exact) mass is 410 g/mol. The van der Waals surface area contributed by atoms with Gasteiger partial charge in [0.2, 0.25) is 11.8 Å². The van der Waals surface area contributed by atoms with Gasteiger partial charge in [0, 0.05) is 19.5 Å². The largest absolute Gasteiger partial charge is 0.395 e. The van der Waals surface area contributed by atoms with Crippen molar-refractivity contribution in [3.8, 4) is 0 Å². The summed E-state index contributed by atoms with van der Waals surface area (Å²) in [6.07, 6.45) is 1.95. The molecular weight excluding hydrogens is 380 g/mol. The zero-order chi connectivity index (χ0) is 21.8. The lowest BCUT2D eigenvalue weighted by atomic mass is 9.98. The number of aliphatic hydroxyl groups excluding tert-OH is 2. The Labute approximate surface area is 177 Å². The fourth-order valence-electron chi connectivity index (χ4n) is 3.25. The fourth-order valence-corrected chi connectivity index (χ4v) is 3.25. The third-order valence-electron chi connectivity index (χ3n) is 4.88. The predicted octanol–water partition coefficient (Wildman–Crippen LogP) is 2.44. The Balaban J connectivity index is 2.06. The zero-order valence-electron chi connectivity index (χ0n) is 17.1. The minimum Gasteiger partial charge on any atom is -0.395 e. The van der Waals surface area contributed by atoms with Gasteiger partial charge >= 0.3 is 0 Å². The van der Waals surface area contributed by atoms with Crippen LogP contribution in [-0.4, -0.2) is 46.7 Å². The Kier molecular flexibility index (Phi) is 9.77. The maximum absolute atomic E-state index is 12.9. The van der Waals surface area contributed by atoms with Gasteiger partial charge in [0.15, 0.2) is 0 Å². The summed E-state index contributed by atoms with van der Waals surface area (Å²) in [4.78, 5) is 27.3. The number of benzene rings is 2. The van der Waals surface area contributed by atoms with Crippen LogP contribution in [-0.2, 0) is 16.1 Å². The van der Waals surface area contributed by atoms with Crippen LogP contribution < -0.4 is 5.32 Å². The molecule has 2 rings (SSSR count).